The molecule has 0 atom stereocenters. The summed E-state index contributed by atoms with van der Waals surface area (Å²) in [4.78, 5) is 24.6. The molecule has 0 unspecified atom stereocenters. The predicted octanol–water partition coefficient (Wildman–Crippen LogP) is 6.66. The van der Waals surface area contributed by atoms with Crippen molar-refractivity contribution >= 4 is 33.3 Å². The van der Waals surface area contributed by atoms with Crippen LogP contribution < -0.4 is 10.3 Å². The number of rotatable bonds is 5. The van der Waals surface area contributed by atoms with Crippen LogP contribution in [0.5, 0.6) is 11.5 Å². The minimum atomic E-state index is -0.315. The highest BCUT2D eigenvalue weighted by Gasteiger charge is 2.18. The molecule has 0 aliphatic heterocycles. The first-order chi connectivity index (χ1) is 15.2. The van der Waals surface area contributed by atoms with E-state index in [1.807, 2.05) is 25.1 Å². The van der Waals surface area contributed by atoms with E-state index in [1.54, 1.807) is 33.2 Å². The molecule has 0 amide bonds. The second kappa shape index (κ2) is 8.20. The zero-order valence-corrected chi connectivity index (χ0v) is 19.1. The van der Waals surface area contributed by atoms with Gasteiger partial charge in [-0.15, -0.1) is 11.3 Å². The Morgan fingerprint density at radius 1 is 1.12 bits per heavy atom. The third-order valence-corrected chi connectivity index (χ3v) is 6.44. The van der Waals surface area contributed by atoms with Crippen LogP contribution in [0.4, 0.5) is 4.39 Å². The lowest BCUT2D eigenvalue weighted by molar-refractivity contribution is 0.112. The summed E-state index contributed by atoms with van der Waals surface area (Å²) in [5, 5.41) is 0.691. The molecule has 0 fully saturated rings. The Hall–Kier alpha value is -3.51. The van der Waals surface area contributed by atoms with Crippen molar-refractivity contribution in [1.82, 2.24) is 4.57 Å². The fraction of sp³-hybridized carbons (Fsp3) is 0.154. The molecule has 0 saturated heterocycles. The quantitative estimate of drug-likeness (QED) is 0.321. The van der Waals surface area contributed by atoms with Gasteiger partial charge in [0.1, 0.15) is 22.0 Å². The number of aryl methyl sites for hydroxylation is 3. The topological polar surface area (TPSA) is 48.3 Å². The molecule has 0 aliphatic carbocycles. The lowest BCUT2D eigenvalue weighted by Gasteiger charge is -2.17. The fourth-order valence-electron chi connectivity index (χ4n) is 3.79. The first-order valence-electron chi connectivity index (χ1n) is 10.0. The molecule has 0 aliphatic rings. The maximum atomic E-state index is 13.8. The summed E-state index contributed by atoms with van der Waals surface area (Å²) in [5.41, 5.74) is 4.53. The molecular weight excluding hydrogens is 425 g/mol. The number of hydrogen-bond donors (Lipinski definition) is 0. The molecule has 0 saturated carbocycles. The van der Waals surface area contributed by atoms with Crippen LogP contribution in [0.25, 0.3) is 26.8 Å². The summed E-state index contributed by atoms with van der Waals surface area (Å²) >= 11 is 1.17. The zero-order chi connectivity index (χ0) is 23.2. The number of carbonyl (C=O) groups excluding carboxylic acids is 1. The summed E-state index contributed by atoms with van der Waals surface area (Å²) in [6.45, 7) is 9.55. The van der Waals surface area contributed by atoms with Gasteiger partial charge >= 0.3 is 0 Å². The van der Waals surface area contributed by atoms with Crippen LogP contribution in [0.15, 0.2) is 54.0 Å². The van der Waals surface area contributed by atoms with Crippen molar-refractivity contribution < 1.29 is 13.9 Å². The largest absolute Gasteiger partial charge is 0.456 e. The molecule has 0 N–H and O–H groups in total. The van der Waals surface area contributed by atoms with Gasteiger partial charge in [-0.25, -0.2) is 4.39 Å². The molecular formula is C26H22FNO3S. The lowest BCUT2D eigenvalue weighted by Crippen LogP contribution is -2.15. The lowest BCUT2D eigenvalue weighted by atomic mass is 9.98. The molecule has 4 aromatic rings. The van der Waals surface area contributed by atoms with Gasteiger partial charge in [-0.2, -0.15) is 0 Å². The summed E-state index contributed by atoms with van der Waals surface area (Å²) in [5.74, 6) is 0.826. The number of benzene rings is 2. The van der Waals surface area contributed by atoms with E-state index < -0.39 is 0 Å². The first kappa shape index (κ1) is 21.7. The molecule has 0 spiro atoms. The van der Waals surface area contributed by atoms with Crippen LogP contribution in [0.2, 0.25) is 0 Å². The maximum Gasteiger partial charge on any atom is 0.268 e. The van der Waals surface area contributed by atoms with Crippen molar-refractivity contribution in [2.75, 3.05) is 0 Å². The van der Waals surface area contributed by atoms with Crippen LogP contribution >= 0.6 is 11.3 Å². The Kier molecular flexibility index (Phi) is 5.57. The Bertz CT molecular complexity index is 1440. The van der Waals surface area contributed by atoms with Crippen LogP contribution in [0.3, 0.4) is 0 Å². The van der Waals surface area contributed by atoms with Gasteiger partial charge in [0.15, 0.2) is 6.29 Å². The van der Waals surface area contributed by atoms with E-state index in [0.717, 1.165) is 28.5 Å². The molecule has 32 heavy (non-hydrogen) atoms. The molecule has 6 heteroatoms. The Morgan fingerprint density at radius 2 is 1.81 bits per heavy atom. The number of fused-ring (bicyclic) bond motifs is 1. The molecule has 4 nitrogen and oxygen atoms in total. The van der Waals surface area contributed by atoms with E-state index >= 15 is 0 Å². The monoisotopic (exact) mass is 447 g/mol. The van der Waals surface area contributed by atoms with Crippen LogP contribution in [0.1, 0.15) is 33.3 Å². The van der Waals surface area contributed by atoms with Crippen molar-refractivity contribution in [3.8, 4) is 22.6 Å². The van der Waals surface area contributed by atoms with E-state index in [2.05, 4.69) is 6.58 Å². The number of thiophene rings is 1. The van der Waals surface area contributed by atoms with Gasteiger partial charge in [0.25, 0.3) is 5.56 Å². The van der Waals surface area contributed by atoms with Gasteiger partial charge in [0.05, 0.1) is 4.88 Å². The number of ether oxygens (including phenoxy) is 1. The molecule has 4 rings (SSSR count). The Balaban J connectivity index is 2.01. The standard InChI is InChI=1S/C26H22FNO3S/c1-14(2)17-6-7-23(31-24-15(3)8-18(27)9-16(24)4)20(10-17)22-12-28(5)26(30)25-21(22)11-19(13-29)32-25/h6-13H,1H2,2-5H3. The molecule has 0 bridgehead atoms. The van der Waals surface area contributed by atoms with Gasteiger partial charge in [0, 0.05) is 29.8 Å². The van der Waals surface area contributed by atoms with E-state index in [1.165, 1.54) is 28.0 Å². The molecule has 2 aromatic heterocycles. The second-order valence-electron chi connectivity index (χ2n) is 7.93. The van der Waals surface area contributed by atoms with Crippen molar-refractivity contribution in [2.45, 2.75) is 20.8 Å². The zero-order valence-electron chi connectivity index (χ0n) is 18.3. The molecule has 2 aromatic carbocycles. The van der Waals surface area contributed by atoms with Gasteiger partial charge in [0.2, 0.25) is 0 Å². The highest BCUT2D eigenvalue weighted by atomic mass is 32.1. The van der Waals surface area contributed by atoms with Crippen molar-refractivity contribution in [1.29, 1.82) is 0 Å². The molecule has 0 radical (unpaired) electrons. The summed E-state index contributed by atoms with van der Waals surface area (Å²) in [7, 11) is 1.68. The van der Waals surface area contributed by atoms with Crippen molar-refractivity contribution in [3.63, 3.8) is 0 Å². The number of hydrogen-bond acceptors (Lipinski definition) is 4. The van der Waals surface area contributed by atoms with Gasteiger partial charge < -0.3 is 9.30 Å². The predicted molar refractivity (Wildman–Crippen MR) is 129 cm³/mol. The highest BCUT2D eigenvalue weighted by molar-refractivity contribution is 7.20. The van der Waals surface area contributed by atoms with Crippen molar-refractivity contribution in [3.05, 3.63) is 86.9 Å². The highest BCUT2D eigenvalue weighted by Crippen LogP contribution is 2.41. The van der Waals surface area contributed by atoms with Crippen LogP contribution in [-0.4, -0.2) is 10.9 Å². The number of aromatic nitrogens is 1. The fourth-order valence-corrected chi connectivity index (χ4v) is 4.76. The Morgan fingerprint density at radius 3 is 2.44 bits per heavy atom. The van der Waals surface area contributed by atoms with Gasteiger partial charge in [-0.3, -0.25) is 9.59 Å². The smallest absolute Gasteiger partial charge is 0.268 e. The summed E-state index contributed by atoms with van der Waals surface area (Å²) in [6.07, 6.45) is 2.50. The number of halogens is 1. The normalized spacial score (nSPS) is 11.0. The van der Waals surface area contributed by atoms with Gasteiger partial charge in [-0.05, 0) is 67.8 Å². The minimum absolute atomic E-state index is 0.161. The maximum absolute atomic E-state index is 13.8. The number of allylic oxidation sites excluding steroid dienone is 1. The van der Waals surface area contributed by atoms with E-state index in [4.69, 9.17) is 4.74 Å². The third kappa shape index (κ3) is 3.78. The number of aldehydes is 1. The first-order valence-corrected chi connectivity index (χ1v) is 10.8. The Labute approximate surface area is 189 Å². The third-order valence-electron chi connectivity index (χ3n) is 5.39. The number of carbonyl (C=O) groups is 1. The van der Waals surface area contributed by atoms with Crippen molar-refractivity contribution in [2.24, 2.45) is 7.05 Å². The molecule has 162 valence electrons. The van der Waals surface area contributed by atoms with Crippen LogP contribution in [-0.2, 0) is 7.05 Å². The average molecular weight is 448 g/mol. The number of nitrogens with zero attached hydrogens (tertiary/aromatic N) is 1. The van der Waals surface area contributed by atoms with Crippen LogP contribution in [0, 0.1) is 19.7 Å². The van der Waals surface area contributed by atoms with Gasteiger partial charge in [-0.1, -0.05) is 18.2 Å². The van der Waals surface area contributed by atoms with E-state index in [-0.39, 0.29) is 11.4 Å². The molecule has 2 heterocycles. The average Bonchev–Trinajstić information content (AvgIpc) is 3.18. The van der Waals surface area contributed by atoms with E-state index in [9.17, 15) is 14.0 Å². The summed E-state index contributed by atoms with van der Waals surface area (Å²) < 4.78 is 22.1. The second-order valence-corrected chi connectivity index (χ2v) is 9.01. The number of pyridine rings is 1. The van der Waals surface area contributed by atoms with E-state index in [0.29, 0.717) is 37.6 Å². The SMILES string of the molecule is C=C(C)c1ccc(Oc2c(C)cc(F)cc2C)c(-c2cn(C)c(=O)c3sc(C=O)cc23)c1. The summed E-state index contributed by atoms with van der Waals surface area (Å²) in [6, 6.07) is 10.3. The minimum Gasteiger partial charge on any atom is -0.456 e.